The van der Waals surface area contributed by atoms with Gasteiger partial charge in [-0.15, -0.1) is 0 Å². The number of anilines is 1. The summed E-state index contributed by atoms with van der Waals surface area (Å²) in [5, 5.41) is 0. The van der Waals surface area contributed by atoms with E-state index >= 15 is 0 Å². The number of hydrogen-bond acceptors (Lipinski definition) is 3. The molecular formula is C12H21N3O2S. The van der Waals surface area contributed by atoms with Gasteiger partial charge in [-0.3, -0.25) is 4.72 Å². The Kier molecular flexibility index (Phi) is 4.72. The molecule has 0 radical (unpaired) electrons. The number of aryl methyl sites for hydroxylation is 1. The third kappa shape index (κ3) is 3.44. The molecule has 0 fully saturated rings. The highest BCUT2D eigenvalue weighted by Gasteiger charge is 2.20. The van der Waals surface area contributed by atoms with Gasteiger partial charge in [0.15, 0.2) is 0 Å². The van der Waals surface area contributed by atoms with Crippen molar-refractivity contribution in [3.8, 4) is 0 Å². The fraction of sp³-hybridized carbons (Fsp3) is 0.500. The van der Waals surface area contributed by atoms with Gasteiger partial charge in [0.2, 0.25) is 0 Å². The number of benzene rings is 1. The molecule has 0 aliphatic carbocycles. The fourth-order valence-electron chi connectivity index (χ4n) is 1.39. The minimum Gasteiger partial charge on any atom is -0.326 e. The van der Waals surface area contributed by atoms with Gasteiger partial charge in [-0.25, -0.2) is 0 Å². The quantitative estimate of drug-likeness (QED) is 0.851. The van der Waals surface area contributed by atoms with E-state index in [-0.39, 0.29) is 6.04 Å². The number of nitrogens with one attached hydrogen (secondary N) is 1. The van der Waals surface area contributed by atoms with Crippen LogP contribution in [0.1, 0.15) is 25.0 Å². The predicted octanol–water partition coefficient (Wildman–Crippen LogP) is 1.45. The number of nitrogens with zero attached hydrogens (tertiary/aromatic N) is 1. The number of hydrogen-bond donors (Lipinski definition) is 2. The highest BCUT2D eigenvalue weighted by molar-refractivity contribution is 7.90. The lowest BCUT2D eigenvalue weighted by atomic mass is 10.1. The SMILES string of the molecule is Cc1ccc(CN)cc1NS(=O)(=O)N(C)C(C)C. The molecule has 0 aromatic heterocycles. The topological polar surface area (TPSA) is 75.4 Å². The average molecular weight is 271 g/mol. The van der Waals surface area contributed by atoms with Gasteiger partial charge < -0.3 is 5.73 Å². The van der Waals surface area contributed by atoms with Crippen LogP contribution in [0.25, 0.3) is 0 Å². The van der Waals surface area contributed by atoms with Crippen LogP contribution in [0.5, 0.6) is 0 Å². The number of rotatable bonds is 5. The molecule has 0 bridgehead atoms. The Balaban J connectivity index is 3.04. The highest BCUT2D eigenvalue weighted by Crippen LogP contribution is 2.19. The molecule has 1 rings (SSSR count). The molecule has 0 saturated carbocycles. The van der Waals surface area contributed by atoms with E-state index in [1.165, 1.54) is 4.31 Å². The van der Waals surface area contributed by atoms with Crippen LogP contribution < -0.4 is 10.5 Å². The second kappa shape index (κ2) is 5.69. The van der Waals surface area contributed by atoms with Crippen molar-refractivity contribution in [2.24, 2.45) is 5.73 Å². The van der Waals surface area contributed by atoms with Crippen LogP contribution in [0.2, 0.25) is 0 Å². The van der Waals surface area contributed by atoms with Crippen molar-refractivity contribution in [2.45, 2.75) is 33.4 Å². The Morgan fingerprint density at radius 3 is 2.50 bits per heavy atom. The van der Waals surface area contributed by atoms with Crippen molar-refractivity contribution >= 4 is 15.9 Å². The zero-order valence-electron chi connectivity index (χ0n) is 11.3. The number of nitrogens with two attached hydrogens (primary N) is 1. The minimum absolute atomic E-state index is 0.0968. The van der Waals surface area contributed by atoms with E-state index in [2.05, 4.69) is 4.72 Å². The summed E-state index contributed by atoms with van der Waals surface area (Å²) in [5.41, 5.74) is 7.89. The second-order valence-electron chi connectivity index (χ2n) is 4.57. The van der Waals surface area contributed by atoms with Crippen LogP contribution in [0.15, 0.2) is 18.2 Å². The summed E-state index contributed by atoms with van der Waals surface area (Å²) in [7, 11) is -1.97. The summed E-state index contributed by atoms with van der Waals surface area (Å²) < 4.78 is 28.0. The molecule has 0 amide bonds. The van der Waals surface area contributed by atoms with Crippen molar-refractivity contribution in [1.29, 1.82) is 0 Å². The van der Waals surface area contributed by atoms with Gasteiger partial charge >= 0.3 is 10.2 Å². The van der Waals surface area contributed by atoms with E-state index in [0.29, 0.717) is 12.2 Å². The lowest BCUT2D eigenvalue weighted by Gasteiger charge is -2.22. The first-order valence-corrected chi connectivity index (χ1v) is 7.27. The van der Waals surface area contributed by atoms with E-state index in [9.17, 15) is 8.42 Å². The van der Waals surface area contributed by atoms with E-state index < -0.39 is 10.2 Å². The first-order chi connectivity index (χ1) is 8.27. The van der Waals surface area contributed by atoms with Gasteiger partial charge in [-0.2, -0.15) is 12.7 Å². The van der Waals surface area contributed by atoms with Crippen LogP contribution in [-0.2, 0) is 16.8 Å². The van der Waals surface area contributed by atoms with Crippen molar-refractivity contribution in [1.82, 2.24) is 4.31 Å². The first kappa shape index (κ1) is 14.9. The Morgan fingerprint density at radius 2 is 2.00 bits per heavy atom. The average Bonchev–Trinajstić information content (AvgIpc) is 2.30. The maximum Gasteiger partial charge on any atom is 0.301 e. The Hall–Kier alpha value is -1.11. The molecule has 0 atom stereocenters. The summed E-state index contributed by atoms with van der Waals surface area (Å²) in [6.07, 6.45) is 0. The molecule has 0 unspecified atom stereocenters. The van der Waals surface area contributed by atoms with Crippen molar-refractivity contribution in [3.05, 3.63) is 29.3 Å². The monoisotopic (exact) mass is 271 g/mol. The molecule has 0 aliphatic heterocycles. The Bertz CT molecular complexity index is 512. The van der Waals surface area contributed by atoms with Crippen LogP contribution in [0.4, 0.5) is 5.69 Å². The maximum atomic E-state index is 12.1. The van der Waals surface area contributed by atoms with Gasteiger partial charge in [0.25, 0.3) is 0 Å². The van der Waals surface area contributed by atoms with E-state index in [1.807, 2.05) is 32.9 Å². The van der Waals surface area contributed by atoms with Crippen LogP contribution >= 0.6 is 0 Å². The molecule has 0 aliphatic rings. The maximum absolute atomic E-state index is 12.1. The van der Waals surface area contributed by atoms with Crippen molar-refractivity contribution < 1.29 is 8.42 Å². The molecule has 18 heavy (non-hydrogen) atoms. The minimum atomic E-state index is -3.52. The first-order valence-electron chi connectivity index (χ1n) is 5.83. The normalized spacial score (nSPS) is 12.2. The largest absolute Gasteiger partial charge is 0.326 e. The summed E-state index contributed by atoms with van der Waals surface area (Å²) in [6.45, 7) is 5.88. The van der Waals surface area contributed by atoms with Crippen LogP contribution in [0.3, 0.4) is 0 Å². The lowest BCUT2D eigenvalue weighted by molar-refractivity contribution is 0.414. The van der Waals surface area contributed by atoms with Crippen LogP contribution in [-0.4, -0.2) is 25.8 Å². The van der Waals surface area contributed by atoms with Gasteiger partial charge in [0.05, 0.1) is 5.69 Å². The molecular weight excluding hydrogens is 250 g/mol. The zero-order chi connectivity index (χ0) is 13.9. The third-order valence-electron chi connectivity index (χ3n) is 2.88. The van der Waals surface area contributed by atoms with Gasteiger partial charge in [0, 0.05) is 19.6 Å². The molecule has 1 aromatic carbocycles. The van der Waals surface area contributed by atoms with Gasteiger partial charge in [0.1, 0.15) is 0 Å². The molecule has 0 saturated heterocycles. The molecule has 3 N–H and O–H groups in total. The Morgan fingerprint density at radius 1 is 1.39 bits per heavy atom. The van der Waals surface area contributed by atoms with Crippen molar-refractivity contribution in [2.75, 3.05) is 11.8 Å². The highest BCUT2D eigenvalue weighted by atomic mass is 32.2. The molecule has 6 heteroatoms. The van der Waals surface area contributed by atoms with E-state index in [1.54, 1.807) is 13.1 Å². The van der Waals surface area contributed by atoms with Gasteiger partial charge in [-0.05, 0) is 38.0 Å². The summed E-state index contributed by atoms with van der Waals surface area (Å²) in [6, 6.07) is 5.41. The lowest BCUT2D eigenvalue weighted by Crippen LogP contribution is -2.37. The zero-order valence-corrected chi connectivity index (χ0v) is 12.1. The summed E-state index contributed by atoms with van der Waals surface area (Å²) in [4.78, 5) is 0. The Labute approximate surface area is 109 Å². The fourth-order valence-corrected chi connectivity index (χ4v) is 2.59. The molecule has 1 aromatic rings. The smallest absolute Gasteiger partial charge is 0.301 e. The van der Waals surface area contributed by atoms with Crippen LogP contribution in [0, 0.1) is 6.92 Å². The van der Waals surface area contributed by atoms with E-state index in [4.69, 9.17) is 5.73 Å². The second-order valence-corrected chi connectivity index (χ2v) is 6.30. The molecule has 0 spiro atoms. The van der Waals surface area contributed by atoms with Gasteiger partial charge in [-0.1, -0.05) is 12.1 Å². The summed E-state index contributed by atoms with van der Waals surface area (Å²) >= 11 is 0. The van der Waals surface area contributed by atoms with E-state index in [0.717, 1.165) is 11.1 Å². The predicted molar refractivity (Wildman–Crippen MR) is 74.5 cm³/mol. The van der Waals surface area contributed by atoms with Crippen molar-refractivity contribution in [3.63, 3.8) is 0 Å². The summed E-state index contributed by atoms with van der Waals surface area (Å²) in [5.74, 6) is 0. The molecule has 102 valence electrons. The molecule has 5 nitrogen and oxygen atoms in total. The third-order valence-corrected chi connectivity index (χ3v) is 4.54. The standard InChI is InChI=1S/C12H21N3O2S/c1-9(2)15(4)18(16,17)14-12-7-11(8-13)6-5-10(12)3/h5-7,9,14H,8,13H2,1-4H3. The molecule has 0 heterocycles.